The first kappa shape index (κ1) is 15.4. The molecule has 0 fully saturated rings. The van der Waals surface area contributed by atoms with E-state index in [1.54, 1.807) is 0 Å². The minimum absolute atomic E-state index is 0.0249. The first-order chi connectivity index (χ1) is 9.53. The van der Waals surface area contributed by atoms with Gasteiger partial charge >= 0.3 is 0 Å². The van der Waals surface area contributed by atoms with Crippen molar-refractivity contribution in [3.05, 3.63) is 27.8 Å². The summed E-state index contributed by atoms with van der Waals surface area (Å²) in [7, 11) is 1.33. The molecule has 0 saturated carbocycles. The molecule has 0 heterocycles. The molecule has 1 aromatic rings. The molecule has 1 rings (SSSR count). The molecule has 0 bridgehead atoms. The van der Waals surface area contributed by atoms with Crippen LogP contribution in [0, 0.1) is 10.1 Å². The van der Waals surface area contributed by atoms with Gasteiger partial charge < -0.3 is 9.47 Å². The number of carbonyl (C=O) groups excluding carboxylic acids is 2. The number of hydrogen-bond acceptors (Lipinski definition) is 7. The van der Waals surface area contributed by atoms with E-state index in [-0.39, 0.29) is 30.1 Å². The Morgan fingerprint density at radius 2 is 2.20 bits per heavy atom. The Balaban J connectivity index is 2.99. The fraction of sp³-hybridized carbons (Fsp3) is 0.273. The van der Waals surface area contributed by atoms with Crippen molar-refractivity contribution in [2.24, 2.45) is 5.84 Å². The summed E-state index contributed by atoms with van der Waals surface area (Å²) < 4.78 is 10.2. The molecule has 108 valence electrons. The summed E-state index contributed by atoms with van der Waals surface area (Å²) in [5.74, 6) is 4.68. The van der Waals surface area contributed by atoms with Crippen molar-refractivity contribution in [2.45, 2.75) is 6.42 Å². The average Bonchev–Trinajstić information content (AvgIpc) is 2.46. The number of nitro groups is 1. The van der Waals surface area contributed by atoms with E-state index >= 15 is 0 Å². The number of benzene rings is 1. The van der Waals surface area contributed by atoms with E-state index in [0.717, 1.165) is 6.07 Å². The number of nitrogens with one attached hydrogen (secondary N) is 1. The van der Waals surface area contributed by atoms with Crippen LogP contribution in [0.5, 0.6) is 11.5 Å². The molecule has 9 heteroatoms. The number of rotatable bonds is 7. The molecule has 0 atom stereocenters. The third-order valence-electron chi connectivity index (χ3n) is 2.38. The van der Waals surface area contributed by atoms with Crippen LogP contribution >= 0.6 is 0 Å². The normalized spacial score (nSPS) is 9.70. The van der Waals surface area contributed by atoms with Gasteiger partial charge in [-0.3, -0.25) is 25.1 Å². The zero-order chi connectivity index (χ0) is 15.1. The predicted octanol–water partition coefficient (Wildman–Crippen LogP) is 0.175. The van der Waals surface area contributed by atoms with Crippen LogP contribution in [-0.2, 0) is 4.79 Å². The van der Waals surface area contributed by atoms with Gasteiger partial charge in [-0.05, 0) is 0 Å². The number of carbonyl (C=O) groups is 2. The number of hydrogen-bond donors (Lipinski definition) is 2. The highest BCUT2D eigenvalue weighted by Crippen LogP contribution is 2.34. The molecule has 0 unspecified atom stereocenters. The minimum Gasteiger partial charge on any atom is -0.493 e. The van der Waals surface area contributed by atoms with Crippen molar-refractivity contribution in [2.75, 3.05) is 13.7 Å². The molecule has 0 aliphatic heterocycles. The van der Waals surface area contributed by atoms with E-state index in [1.165, 1.54) is 13.2 Å². The van der Waals surface area contributed by atoms with E-state index in [2.05, 4.69) is 0 Å². The van der Waals surface area contributed by atoms with Crippen LogP contribution in [-0.4, -0.2) is 30.8 Å². The number of amides is 1. The molecule has 1 amide bonds. The number of ether oxygens (including phenoxy) is 2. The van der Waals surface area contributed by atoms with E-state index in [9.17, 15) is 19.7 Å². The molecule has 3 N–H and O–H groups in total. The fourth-order valence-corrected chi connectivity index (χ4v) is 1.42. The van der Waals surface area contributed by atoms with Gasteiger partial charge in [0.2, 0.25) is 5.91 Å². The molecule has 0 saturated heterocycles. The Labute approximate surface area is 113 Å². The smallest absolute Gasteiger partial charge is 0.283 e. The van der Waals surface area contributed by atoms with Crippen LogP contribution in [0.4, 0.5) is 5.69 Å². The van der Waals surface area contributed by atoms with Crippen LogP contribution in [0.3, 0.4) is 0 Å². The second-order valence-electron chi connectivity index (χ2n) is 3.60. The van der Waals surface area contributed by atoms with Crippen molar-refractivity contribution in [3.8, 4) is 11.5 Å². The summed E-state index contributed by atoms with van der Waals surface area (Å²) in [4.78, 5) is 31.8. The highest BCUT2D eigenvalue weighted by atomic mass is 16.6. The van der Waals surface area contributed by atoms with Gasteiger partial charge in [-0.25, -0.2) is 5.84 Å². The number of hydrazine groups is 1. The molecule has 0 aliphatic rings. The maximum Gasteiger partial charge on any atom is 0.283 e. The molecule has 0 aliphatic carbocycles. The van der Waals surface area contributed by atoms with Crippen LogP contribution < -0.4 is 20.7 Å². The second kappa shape index (κ2) is 7.04. The largest absolute Gasteiger partial charge is 0.493 e. The number of aldehydes is 1. The Hall–Kier alpha value is -2.68. The zero-order valence-corrected chi connectivity index (χ0v) is 10.6. The van der Waals surface area contributed by atoms with E-state index in [1.807, 2.05) is 5.43 Å². The number of methoxy groups -OCH3 is 1. The van der Waals surface area contributed by atoms with Crippen LogP contribution in [0.15, 0.2) is 12.1 Å². The number of nitrogens with two attached hydrogens (primary N) is 1. The van der Waals surface area contributed by atoms with Crippen LogP contribution in [0.2, 0.25) is 0 Å². The van der Waals surface area contributed by atoms with Gasteiger partial charge in [-0.2, -0.15) is 0 Å². The first-order valence-corrected chi connectivity index (χ1v) is 5.47. The lowest BCUT2D eigenvalue weighted by atomic mass is 10.1. The molecular formula is C11H13N3O6. The maximum atomic E-state index is 10.9. The van der Waals surface area contributed by atoms with Gasteiger partial charge in [0, 0.05) is 6.07 Å². The van der Waals surface area contributed by atoms with Crippen molar-refractivity contribution >= 4 is 17.9 Å². The van der Waals surface area contributed by atoms with Gasteiger partial charge in [0.05, 0.1) is 36.7 Å². The SMILES string of the molecule is COc1cc(C=O)c([N+](=O)[O-])cc1OCCC(=O)NN. The van der Waals surface area contributed by atoms with Crippen molar-refractivity contribution < 1.29 is 24.0 Å². The van der Waals surface area contributed by atoms with Crippen LogP contribution in [0.25, 0.3) is 0 Å². The summed E-state index contributed by atoms with van der Waals surface area (Å²) in [5.41, 5.74) is 1.39. The van der Waals surface area contributed by atoms with Crippen molar-refractivity contribution in [3.63, 3.8) is 0 Å². The zero-order valence-electron chi connectivity index (χ0n) is 10.6. The molecule has 0 radical (unpaired) electrons. The monoisotopic (exact) mass is 283 g/mol. The fourth-order valence-electron chi connectivity index (χ4n) is 1.42. The molecule has 1 aromatic carbocycles. The summed E-state index contributed by atoms with van der Waals surface area (Å²) in [5, 5.41) is 10.8. The van der Waals surface area contributed by atoms with Crippen LogP contribution in [0.1, 0.15) is 16.8 Å². The van der Waals surface area contributed by atoms with Gasteiger partial charge in [0.15, 0.2) is 17.8 Å². The highest BCUT2D eigenvalue weighted by Gasteiger charge is 2.19. The maximum absolute atomic E-state index is 10.9. The quantitative estimate of drug-likeness (QED) is 0.239. The Morgan fingerprint density at radius 3 is 2.70 bits per heavy atom. The third-order valence-corrected chi connectivity index (χ3v) is 2.38. The average molecular weight is 283 g/mol. The van der Waals surface area contributed by atoms with E-state index in [4.69, 9.17) is 15.3 Å². The summed E-state index contributed by atoms with van der Waals surface area (Å²) in [6.07, 6.45) is 0.329. The lowest BCUT2D eigenvalue weighted by Gasteiger charge is -2.11. The topological polar surface area (TPSA) is 134 Å². The summed E-state index contributed by atoms with van der Waals surface area (Å²) >= 11 is 0. The lowest BCUT2D eigenvalue weighted by Crippen LogP contribution is -2.31. The second-order valence-corrected chi connectivity index (χ2v) is 3.60. The third kappa shape index (κ3) is 3.65. The van der Waals surface area contributed by atoms with E-state index in [0.29, 0.717) is 6.29 Å². The van der Waals surface area contributed by atoms with Gasteiger partial charge in [-0.15, -0.1) is 0 Å². The Morgan fingerprint density at radius 1 is 1.50 bits per heavy atom. The molecule has 20 heavy (non-hydrogen) atoms. The van der Waals surface area contributed by atoms with Gasteiger partial charge in [0.25, 0.3) is 5.69 Å². The number of nitro benzene ring substituents is 1. The predicted molar refractivity (Wildman–Crippen MR) is 67.5 cm³/mol. The molecule has 0 aromatic heterocycles. The van der Waals surface area contributed by atoms with Crippen molar-refractivity contribution in [1.29, 1.82) is 0 Å². The van der Waals surface area contributed by atoms with E-state index < -0.39 is 16.5 Å². The standard InChI is InChI=1S/C11H13N3O6/c1-19-9-4-7(6-15)8(14(17)18)5-10(9)20-3-2-11(16)13-12/h4-6H,2-3,12H2,1H3,(H,13,16). The summed E-state index contributed by atoms with van der Waals surface area (Å²) in [6, 6.07) is 2.27. The minimum atomic E-state index is -0.706. The Bertz CT molecular complexity index is 531. The Kier molecular flexibility index (Phi) is 5.42. The van der Waals surface area contributed by atoms with Crippen molar-refractivity contribution in [1.82, 2.24) is 5.43 Å². The molecule has 9 nitrogen and oxygen atoms in total. The van der Waals surface area contributed by atoms with Gasteiger partial charge in [0.1, 0.15) is 0 Å². The lowest BCUT2D eigenvalue weighted by molar-refractivity contribution is -0.385. The first-order valence-electron chi connectivity index (χ1n) is 5.47. The van der Waals surface area contributed by atoms with Gasteiger partial charge in [-0.1, -0.05) is 0 Å². The molecule has 0 spiro atoms. The highest BCUT2D eigenvalue weighted by molar-refractivity contribution is 5.83. The molecular weight excluding hydrogens is 270 g/mol. The number of nitrogens with zero attached hydrogens (tertiary/aromatic N) is 1. The summed E-state index contributed by atoms with van der Waals surface area (Å²) in [6.45, 7) is -0.0447.